The van der Waals surface area contributed by atoms with E-state index in [0.29, 0.717) is 28.2 Å². The van der Waals surface area contributed by atoms with E-state index in [4.69, 9.17) is 25.8 Å². The number of halogens is 1. The number of methoxy groups -OCH3 is 3. The van der Waals surface area contributed by atoms with Crippen molar-refractivity contribution in [1.82, 2.24) is 9.97 Å². The van der Waals surface area contributed by atoms with Gasteiger partial charge in [0.05, 0.1) is 27.0 Å². The van der Waals surface area contributed by atoms with Crippen LogP contribution in [0.1, 0.15) is 0 Å². The molecular formula is C19H17ClN2O3. The van der Waals surface area contributed by atoms with Crippen LogP contribution in [0.4, 0.5) is 0 Å². The first-order valence-corrected chi connectivity index (χ1v) is 7.94. The lowest BCUT2D eigenvalue weighted by Gasteiger charge is -2.10. The van der Waals surface area contributed by atoms with Gasteiger partial charge in [0.1, 0.15) is 10.9 Å². The summed E-state index contributed by atoms with van der Waals surface area (Å²) in [5.74, 6) is 2.53. The summed E-state index contributed by atoms with van der Waals surface area (Å²) < 4.78 is 15.9. The van der Waals surface area contributed by atoms with Crippen LogP contribution in [0, 0.1) is 0 Å². The van der Waals surface area contributed by atoms with Crippen LogP contribution in [0.5, 0.6) is 17.2 Å². The molecule has 0 aliphatic rings. The number of benzene rings is 2. The van der Waals surface area contributed by atoms with Gasteiger partial charge in [-0.3, -0.25) is 0 Å². The van der Waals surface area contributed by atoms with Crippen molar-refractivity contribution in [2.75, 3.05) is 21.3 Å². The summed E-state index contributed by atoms with van der Waals surface area (Å²) >= 11 is 6.22. The molecule has 0 amide bonds. The molecule has 0 fully saturated rings. The number of aromatic nitrogens is 2. The van der Waals surface area contributed by atoms with E-state index in [9.17, 15) is 0 Å². The molecule has 3 aromatic rings. The molecule has 0 saturated heterocycles. The Labute approximate surface area is 151 Å². The highest BCUT2D eigenvalue weighted by Gasteiger charge is 2.11. The molecule has 0 saturated carbocycles. The first kappa shape index (κ1) is 17.0. The Kier molecular flexibility index (Phi) is 5.05. The summed E-state index contributed by atoms with van der Waals surface area (Å²) in [4.78, 5) is 8.96. The second-order valence-corrected chi connectivity index (χ2v) is 5.59. The van der Waals surface area contributed by atoms with Crippen molar-refractivity contribution in [3.63, 3.8) is 0 Å². The van der Waals surface area contributed by atoms with Gasteiger partial charge in [-0.25, -0.2) is 9.97 Å². The second-order valence-electron chi connectivity index (χ2n) is 5.20. The maximum absolute atomic E-state index is 6.22. The van der Waals surface area contributed by atoms with Gasteiger partial charge in [0.15, 0.2) is 17.3 Å². The summed E-state index contributed by atoms with van der Waals surface area (Å²) in [6.45, 7) is 0. The second kappa shape index (κ2) is 7.40. The van der Waals surface area contributed by atoms with Crippen LogP contribution in [-0.2, 0) is 0 Å². The monoisotopic (exact) mass is 356 g/mol. The Hall–Kier alpha value is -2.79. The SMILES string of the molecule is COc1cccc(-c2nc(Cl)cc(-c3ccc(OC)c(OC)c3)n2)c1. The first-order valence-electron chi connectivity index (χ1n) is 7.56. The third kappa shape index (κ3) is 3.67. The molecule has 3 rings (SSSR count). The van der Waals surface area contributed by atoms with Crippen molar-refractivity contribution < 1.29 is 14.2 Å². The minimum Gasteiger partial charge on any atom is -0.497 e. The topological polar surface area (TPSA) is 53.5 Å². The minimum atomic E-state index is 0.359. The van der Waals surface area contributed by atoms with Gasteiger partial charge in [0.25, 0.3) is 0 Å². The van der Waals surface area contributed by atoms with Crippen LogP contribution in [-0.4, -0.2) is 31.3 Å². The standard InChI is InChI=1S/C19H17ClN2O3/c1-23-14-6-4-5-13(9-14)19-21-15(11-18(20)22-19)12-7-8-16(24-2)17(10-12)25-3/h4-11H,1-3H3. The molecule has 0 aliphatic carbocycles. The molecular weight excluding hydrogens is 340 g/mol. The molecule has 0 bridgehead atoms. The lowest BCUT2D eigenvalue weighted by atomic mass is 10.1. The number of hydrogen-bond acceptors (Lipinski definition) is 5. The Balaban J connectivity index is 2.08. The maximum atomic E-state index is 6.22. The van der Waals surface area contributed by atoms with E-state index in [-0.39, 0.29) is 0 Å². The Morgan fingerprint density at radius 2 is 1.56 bits per heavy atom. The highest BCUT2D eigenvalue weighted by molar-refractivity contribution is 6.29. The summed E-state index contributed by atoms with van der Waals surface area (Å²) in [6.07, 6.45) is 0. The quantitative estimate of drug-likeness (QED) is 0.630. The van der Waals surface area contributed by atoms with Crippen LogP contribution in [0.3, 0.4) is 0 Å². The van der Waals surface area contributed by atoms with Crippen molar-refractivity contribution in [1.29, 1.82) is 0 Å². The zero-order valence-electron chi connectivity index (χ0n) is 14.1. The van der Waals surface area contributed by atoms with Gasteiger partial charge in [0, 0.05) is 17.2 Å². The number of nitrogens with zero attached hydrogens (tertiary/aromatic N) is 2. The molecule has 1 heterocycles. The number of ether oxygens (including phenoxy) is 3. The highest BCUT2D eigenvalue weighted by atomic mass is 35.5. The van der Waals surface area contributed by atoms with Crippen LogP contribution >= 0.6 is 11.6 Å². The predicted molar refractivity (Wildman–Crippen MR) is 97.6 cm³/mol. The molecule has 25 heavy (non-hydrogen) atoms. The fraction of sp³-hybridized carbons (Fsp3) is 0.158. The molecule has 0 spiro atoms. The van der Waals surface area contributed by atoms with E-state index in [1.54, 1.807) is 27.4 Å². The molecule has 0 unspecified atom stereocenters. The van der Waals surface area contributed by atoms with Crippen molar-refractivity contribution >= 4 is 11.6 Å². The first-order chi connectivity index (χ1) is 12.1. The third-order valence-electron chi connectivity index (χ3n) is 3.70. The third-order valence-corrected chi connectivity index (χ3v) is 3.90. The summed E-state index contributed by atoms with van der Waals surface area (Å²) in [5.41, 5.74) is 2.37. The molecule has 128 valence electrons. The smallest absolute Gasteiger partial charge is 0.161 e. The average Bonchev–Trinajstić information content (AvgIpc) is 2.67. The molecule has 5 nitrogen and oxygen atoms in total. The largest absolute Gasteiger partial charge is 0.497 e. The van der Waals surface area contributed by atoms with E-state index in [1.165, 1.54) is 0 Å². The molecule has 0 radical (unpaired) electrons. The predicted octanol–water partition coefficient (Wildman–Crippen LogP) is 4.49. The summed E-state index contributed by atoms with van der Waals surface area (Å²) in [6, 6.07) is 14.8. The van der Waals surface area contributed by atoms with Gasteiger partial charge in [-0.05, 0) is 30.3 Å². The van der Waals surface area contributed by atoms with Crippen LogP contribution in [0.2, 0.25) is 5.15 Å². The normalized spacial score (nSPS) is 10.4. The van der Waals surface area contributed by atoms with Crippen molar-refractivity contribution in [2.45, 2.75) is 0 Å². The van der Waals surface area contributed by atoms with Crippen LogP contribution in [0.25, 0.3) is 22.6 Å². The Morgan fingerprint density at radius 1 is 0.760 bits per heavy atom. The van der Waals surface area contributed by atoms with Gasteiger partial charge in [0.2, 0.25) is 0 Å². The highest BCUT2D eigenvalue weighted by Crippen LogP contribution is 2.33. The van der Waals surface area contributed by atoms with Gasteiger partial charge in [-0.2, -0.15) is 0 Å². The summed E-state index contributed by atoms with van der Waals surface area (Å²) in [7, 11) is 4.81. The zero-order chi connectivity index (χ0) is 17.8. The lowest BCUT2D eigenvalue weighted by Crippen LogP contribution is -1.95. The summed E-state index contributed by atoms with van der Waals surface area (Å²) in [5, 5.41) is 0.359. The van der Waals surface area contributed by atoms with E-state index in [2.05, 4.69) is 9.97 Å². The fourth-order valence-corrected chi connectivity index (χ4v) is 2.64. The van der Waals surface area contributed by atoms with Crippen molar-refractivity contribution in [3.05, 3.63) is 53.7 Å². The van der Waals surface area contributed by atoms with E-state index in [0.717, 1.165) is 16.9 Å². The van der Waals surface area contributed by atoms with Crippen LogP contribution in [0.15, 0.2) is 48.5 Å². The maximum Gasteiger partial charge on any atom is 0.161 e. The van der Waals surface area contributed by atoms with E-state index < -0.39 is 0 Å². The average molecular weight is 357 g/mol. The number of hydrogen-bond donors (Lipinski definition) is 0. The molecule has 6 heteroatoms. The molecule has 0 atom stereocenters. The lowest BCUT2D eigenvalue weighted by molar-refractivity contribution is 0.355. The molecule has 0 aliphatic heterocycles. The zero-order valence-corrected chi connectivity index (χ0v) is 14.9. The van der Waals surface area contributed by atoms with Crippen molar-refractivity contribution in [2.24, 2.45) is 0 Å². The van der Waals surface area contributed by atoms with Gasteiger partial charge in [-0.15, -0.1) is 0 Å². The minimum absolute atomic E-state index is 0.359. The van der Waals surface area contributed by atoms with Gasteiger partial charge in [-0.1, -0.05) is 23.7 Å². The van der Waals surface area contributed by atoms with Gasteiger partial charge >= 0.3 is 0 Å². The van der Waals surface area contributed by atoms with E-state index >= 15 is 0 Å². The molecule has 1 aromatic heterocycles. The van der Waals surface area contributed by atoms with Crippen LogP contribution < -0.4 is 14.2 Å². The Bertz CT molecular complexity index is 900. The fourth-order valence-electron chi connectivity index (χ4n) is 2.45. The number of rotatable bonds is 5. The van der Waals surface area contributed by atoms with E-state index in [1.807, 2.05) is 42.5 Å². The van der Waals surface area contributed by atoms with Gasteiger partial charge < -0.3 is 14.2 Å². The molecule has 2 aromatic carbocycles. The molecule has 0 N–H and O–H groups in total. The van der Waals surface area contributed by atoms with Crippen molar-refractivity contribution in [3.8, 4) is 39.9 Å². The Morgan fingerprint density at radius 3 is 2.28 bits per heavy atom.